The molecule has 17 heavy (non-hydrogen) atoms. The molecule has 0 saturated heterocycles. The molecule has 92 valence electrons. The van der Waals surface area contributed by atoms with E-state index in [0.29, 0.717) is 5.92 Å². The van der Waals surface area contributed by atoms with Crippen molar-refractivity contribution in [1.82, 2.24) is 0 Å². The van der Waals surface area contributed by atoms with E-state index in [1.807, 2.05) is 19.1 Å². The Morgan fingerprint density at radius 3 is 2.47 bits per heavy atom. The fraction of sp³-hybridized carbons (Fsp3) is 0.500. The highest BCUT2D eigenvalue weighted by Crippen LogP contribution is 2.39. The number of halogens is 1. The number of hydrogen-bond acceptors (Lipinski definition) is 1. The Labute approximate surface area is 100 Å². The number of carbonyl (C=O) groups is 1. The second kappa shape index (κ2) is 4.86. The Kier molecular flexibility index (Phi) is 3.46. The first-order valence-corrected chi connectivity index (χ1v) is 6.06. The van der Waals surface area contributed by atoms with Crippen molar-refractivity contribution in [3.63, 3.8) is 0 Å². The number of hydrogen-bond donors (Lipinski definition) is 1. The van der Waals surface area contributed by atoms with E-state index in [1.165, 1.54) is 12.1 Å². The average molecular weight is 236 g/mol. The molecule has 1 N–H and O–H groups in total. The second-order valence-electron chi connectivity index (χ2n) is 4.98. The zero-order valence-corrected chi connectivity index (χ0v) is 9.90. The molecule has 2 rings (SSSR count). The average Bonchev–Trinajstić information content (AvgIpc) is 2.29. The highest BCUT2D eigenvalue weighted by Gasteiger charge is 2.32. The van der Waals surface area contributed by atoms with E-state index in [2.05, 4.69) is 0 Å². The molecule has 3 heteroatoms. The van der Waals surface area contributed by atoms with Crippen molar-refractivity contribution in [2.24, 2.45) is 11.8 Å². The minimum absolute atomic E-state index is 0.191. The van der Waals surface area contributed by atoms with E-state index >= 15 is 0 Å². The molecule has 0 aliphatic heterocycles. The highest BCUT2D eigenvalue weighted by molar-refractivity contribution is 5.70. The summed E-state index contributed by atoms with van der Waals surface area (Å²) >= 11 is 0. The minimum Gasteiger partial charge on any atom is -0.481 e. The Balaban J connectivity index is 2.06. The van der Waals surface area contributed by atoms with E-state index in [0.717, 1.165) is 24.8 Å². The number of aliphatic carboxylic acids is 1. The molecule has 0 bridgehead atoms. The summed E-state index contributed by atoms with van der Waals surface area (Å²) in [5.74, 6) is -0.555. The third-order valence-electron chi connectivity index (χ3n) is 3.83. The van der Waals surface area contributed by atoms with Crippen LogP contribution in [0.1, 0.15) is 37.7 Å². The summed E-state index contributed by atoms with van der Waals surface area (Å²) in [4.78, 5) is 11.0. The fourth-order valence-electron chi connectivity index (χ4n) is 2.80. The molecular weight excluding hydrogens is 219 g/mol. The Morgan fingerprint density at radius 2 is 1.94 bits per heavy atom. The van der Waals surface area contributed by atoms with Gasteiger partial charge in [0.05, 0.1) is 5.92 Å². The molecule has 0 unspecified atom stereocenters. The quantitative estimate of drug-likeness (QED) is 0.854. The normalized spacial score (nSPS) is 28.9. The first-order chi connectivity index (χ1) is 8.08. The molecule has 0 spiro atoms. The maximum absolute atomic E-state index is 12.8. The van der Waals surface area contributed by atoms with Crippen LogP contribution in [0.5, 0.6) is 0 Å². The summed E-state index contributed by atoms with van der Waals surface area (Å²) in [5.41, 5.74) is 1.13. The van der Waals surface area contributed by atoms with Gasteiger partial charge in [0.1, 0.15) is 5.82 Å². The van der Waals surface area contributed by atoms with Crippen LogP contribution in [-0.2, 0) is 4.79 Å². The van der Waals surface area contributed by atoms with Gasteiger partial charge >= 0.3 is 5.97 Å². The molecule has 1 fully saturated rings. The van der Waals surface area contributed by atoms with Crippen LogP contribution in [0.4, 0.5) is 4.39 Å². The van der Waals surface area contributed by atoms with Crippen LogP contribution in [0.2, 0.25) is 0 Å². The van der Waals surface area contributed by atoms with Gasteiger partial charge in [-0.2, -0.15) is 0 Å². The van der Waals surface area contributed by atoms with Gasteiger partial charge in [-0.15, -0.1) is 0 Å². The zero-order chi connectivity index (χ0) is 12.4. The third kappa shape index (κ3) is 2.65. The Morgan fingerprint density at radius 1 is 1.29 bits per heavy atom. The molecule has 1 saturated carbocycles. The fourth-order valence-corrected chi connectivity index (χ4v) is 2.80. The van der Waals surface area contributed by atoms with E-state index in [9.17, 15) is 9.18 Å². The largest absolute Gasteiger partial charge is 0.481 e. The van der Waals surface area contributed by atoms with Crippen molar-refractivity contribution < 1.29 is 14.3 Å². The van der Waals surface area contributed by atoms with E-state index in [4.69, 9.17) is 5.11 Å². The molecule has 0 amide bonds. The van der Waals surface area contributed by atoms with Gasteiger partial charge in [-0.1, -0.05) is 19.1 Å². The van der Waals surface area contributed by atoms with Crippen molar-refractivity contribution in [3.8, 4) is 0 Å². The standard InChI is InChI=1S/C14H17FO2/c1-9-8-11(4-7-13(9)14(16)17)10-2-5-12(15)6-3-10/h2-3,5-6,9,11,13H,4,7-8H2,1H3,(H,16,17)/t9-,11-,13-/m1/s1. The van der Waals surface area contributed by atoms with Crippen LogP contribution >= 0.6 is 0 Å². The number of benzene rings is 1. The molecular formula is C14H17FO2. The molecule has 1 aromatic carbocycles. The second-order valence-corrected chi connectivity index (χ2v) is 4.98. The smallest absolute Gasteiger partial charge is 0.306 e. The lowest BCUT2D eigenvalue weighted by molar-refractivity contribution is -0.144. The Bertz CT molecular complexity index is 399. The summed E-state index contributed by atoms with van der Waals surface area (Å²) in [6.07, 6.45) is 2.48. The summed E-state index contributed by atoms with van der Waals surface area (Å²) in [6.45, 7) is 1.99. The van der Waals surface area contributed by atoms with Crippen LogP contribution in [-0.4, -0.2) is 11.1 Å². The van der Waals surface area contributed by atoms with Crippen LogP contribution in [0.15, 0.2) is 24.3 Å². The summed E-state index contributed by atoms with van der Waals surface area (Å²) in [6, 6.07) is 6.58. The zero-order valence-electron chi connectivity index (χ0n) is 9.90. The van der Waals surface area contributed by atoms with Gasteiger partial charge in [-0.3, -0.25) is 4.79 Å². The van der Waals surface area contributed by atoms with Crippen LogP contribution < -0.4 is 0 Å². The highest BCUT2D eigenvalue weighted by atomic mass is 19.1. The summed E-state index contributed by atoms with van der Waals surface area (Å²) in [7, 11) is 0. The van der Waals surface area contributed by atoms with Crippen LogP contribution in [0.25, 0.3) is 0 Å². The number of carboxylic acid groups (broad SMARTS) is 1. The monoisotopic (exact) mass is 236 g/mol. The predicted molar refractivity (Wildman–Crippen MR) is 63.3 cm³/mol. The van der Waals surface area contributed by atoms with Gasteiger partial charge < -0.3 is 5.11 Å². The lowest BCUT2D eigenvalue weighted by Crippen LogP contribution is -2.28. The SMILES string of the molecule is C[C@@H]1C[C@H](c2ccc(F)cc2)CC[C@H]1C(=O)O. The molecule has 1 aromatic rings. The van der Waals surface area contributed by atoms with Crippen LogP contribution in [0.3, 0.4) is 0 Å². The molecule has 0 radical (unpaired) electrons. The van der Waals surface area contributed by atoms with Gasteiger partial charge in [0.25, 0.3) is 0 Å². The Hall–Kier alpha value is -1.38. The molecule has 2 nitrogen and oxygen atoms in total. The van der Waals surface area contributed by atoms with Gasteiger partial charge in [0.15, 0.2) is 0 Å². The van der Waals surface area contributed by atoms with Crippen LogP contribution in [0, 0.1) is 17.7 Å². The van der Waals surface area contributed by atoms with E-state index < -0.39 is 5.97 Å². The van der Waals surface area contributed by atoms with Gasteiger partial charge in [0, 0.05) is 0 Å². The van der Waals surface area contributed by atoms with Crippen molar-refractivity contribution in [1.29, 1.82) is 0 Å². The van der Waals surface area contributed by atoms with Gasteiger partial charge in [-0.25, -0.2) is 4.39 Å². The van der Waals surface area contributed by atoms with E-state index in [-0.39, 0.29) is 17.7 Å². The molecule has 1 aliphatic carbocycles. The first kappa shape index (κ1) is 12.1. The molecule has 3 atom stereocenters. The summed E-state index contributed by atoms with van der Waals surface area (Å²) < 4.78 is 12.8. The lowest BCUT2D eigenvalue weighted by atomic mass is 9.73. The van der Waals surface area contributed by atoms with Crippen molar-refractivity contribution in [2.75, 3.05) is 0 Å². The van der Waals surface area contributed by atoms with E-state index in [1.54, 1.807) is 0 Å². The van der Waals surface area contributed by atoms with Crippen molar-refractivity contribution in [3.05, 3.63) is 35.6 Å². The third-order valence-corrected chi connectivity index (χ3v) is 3.83. The molecule has 0 heterocycles. The number of carboxylic acids is 1. The maximum atomic E-state index is 12.8. The van der Waals surface area contributed by atoms with Gasteiger partial charge in [-0.05, 0) is 48.8 Å². The lowest BCUT2D eigenvalue weighted by Gasteiger charge is -2.32. The topological polar surface area (TPSA) is 37.3 Å². The molecule has 0 aromatic heterocycles. The maximum Gasteiger partial charge on any atom is 0.306 e. The number of rotatable bonds is 2. The van der Waals surface area contributed by atoms with Gasteiger partial charge in [0.2, 0.25) is 0 Å². The van der Waals surface area contributed by atoms with Crippen molar-refractivity contribution >= 4 is 5.97 Å². The summed E-state index contributed by atoms with van der Waals surface area (Å²) in [5, 5.41) is 9.05. The predicted octanol–water partition coefficient (Wildman–Crippen LogP) is 3.43. The molecule has 1 aliphatic rings. The van der Waals surface area contributed by atoms with Crippen molar-refractivity contribution in [2.45, 2.75) is 32.1 Å². The first-order valence-electron chi connectivity index (χ1n) is 6.06. The minimum atomic E-state index is -0.685.